The van der Waals surface area contributed by atoms with Crippen molar-refractivity contribution in [1.29, 1.82) is 0 Å². The third kappa shape index (κ3) is 3.42. The average molecular weight is 349 g/mol. The first-order valence-corrected chi connectivity index (χ1v) is 8.61. The molecule has 1 atom stereocenters. The largest absolute Gasteiger partial charge is 0.437 e. The van der Waals surface area contributed by atoms with Gasteiger partial charge in [-0.1, -0.05) is 0 Å². The highest BCUT2D eigenvalue weighted by atomic mass is 16.5. The first-order valence-electron chi connectivity index (χ1n) is 8.61. The van der Waals surface area contributed by atoms with Gasteiger partial charge in [0, 0.05) is 37.9 Å². The molecule has 1 aliphatic heterocycles. The molecule has 3 aromatic rings. The van der Waals surface area contributed by atoms with Crippen molar-refractivity contribution in [2.45, 2.75) is 18.9 Å². The fourth-order valence-corrected chi connectivity index (χ4v) is 3.19. The van der Waals surface area contributed by atoms with Crippen LogP contribution in [-0.2, 0) is 0 Å². The highest BCUT2D eigenvalue weighted by molar-refractivity contribution is 5.96. The molecule has 1 aliphatic rings. The number of likely N-dealkylation sites (tertiary alicyclic amines) is 1. The van der Waals surface area contributed by atoms with E-state index in [1.165, 1.54) is 0 Å². The smallest absolute Gasteiger partial charge is 0.259 e. The van der Waals surface area contributed by atoms with E-state index in [2.05, 4.69) is 19.5 Å². The van der Waals surface area contributed by atoms with E-state index in [4.69, 9.17) is 4.74 Å². The molecule has 1 amide bonds. The van der Waals surface area contributed by atoms with E-state index in [0.717, 1.165) is 19.4 Å². The van der Waals surface area contributed by atoms with Gasteiger partial charge in [0.1, 0.15) is 11.3 Å². The van der Waals surface area contributed by atoms with Gasteiger partial charge in [0.15, 0.2) is 0 Å². The lowest BCUT2D eigenvalue weighted by molar-refractivity contribution is 0.0676. The van der Waals surface area contributed by atoms with Gasteiger partial charge in [-0.3, -0.25) is 9.78 Å². The second-order valence-electron chi connectivity index (χ2n) is 6.20. The molecule has 4 rings (SSSR count). The fourth-order valence-electron chi connectivity index (χ4n) is 3.19. The number of carbonyl (C=O) groups excluding carboxylic acids is 1. The number of imidazole rings is 1. The van der Waals surface area contributed by atoms with Gasteiger partial charge >= 0.3 is 0 Å². The molecule has 1 unspecified atom stereocenters. The van der Waals surface area contributed by atoms with Gasteiger partial charge in [-0.25, -0.2) is 9.97 Å². The maximum Gasteiger partial charge on any atom is 0.259 e. The van der Waals surface area contributed by atoms with E-state index >= 15 is 0 Å². The second kappa shape index (κ2) is 7.35. The summed E-state index contributed by atoms with van der Waals surface area (Å²) in [7, 11) is 0. The van der Waals surface area contributed by atoms with Gasteiger partial charge in [0.25, 0.3) is 5.91 Å². The van der Waals surface area contributed by atoms with E-state index in [1.54, 1.807) is 55.4 Å². The Bertz CT molecular complexity index is 867. The molecule has 0 bridgehead atoms. The Labute approximate surface area is 151 Å². The minimum Gasteiger partial charge on any atom is -0.437 e. The minimum absolute atomic E-state index is 0.0678. The lowest BCUT2D eigenvalue weighted by Crippen LogP contribution is -2.40. The number of ether oxygens (including phenoxy) is 1. The molecule has 3 aromatic heterocycles. The zero-order valence-electron chi connectivity index (χ0n) is 14.2. The van der Waals surface area contributed by atoms with Crippen LogP contribution >= 0.6 is 0 Å². The number of nitrogens with zero attached hydrogens (tertiary/aromatic N) is 5. The molecule has 7 heteroatoms. The summed E-state index contributed by atoms with van der Waals surface area (Å²) in [6, 6.07) is 7.31. The number of rotatable bonds is 4. The molecule has 0 saturated carbocycles. The number of hydrogen-bond donors (Lipinski definition) is 0. The molecule has 7 nitrogen and oxygen atoms in total. The third-order valence-electron chi connectivity index (χ3n) is 4.48. The number of amides is 1. The van der Waals surface area contributed by atoms with Gasteiger partial charge in [0.05, 0.1) is 18.6 Å². The lowest BCUT2D eigenvalue weighted by Gasteiger charge is -2.33. The third-order valence-corrected chi connectivity index (χ3v) is 4.48. The van der Waals surface area contributed by atoms with Gasteiger partial charge in [-0.05, 0) is 37.1 Å². The molecular weight excluding hydrogens is 330 g/mol. The fraction of sp³-hybridized carbons (Fsp3) is 0.263. The topological polar surface area (TPSA) is 73.1 Å². The summed E-state index contributed by atoms with van der Waals surface area (Å²) < 4.78 is 7.85. The van der Waals surface area contributed by atoms with Crippen molar-refractivity contribution in [3.63, 3.8) is 0 Å². The van der Waals surface area contributed by atoms with E-state index in [-0.39, 0.29) is 11.9 Å². The van der Waals surface area contributed by atoms with Crippen LogP contribution in [0.15, 0.2) is 61.6 Å². The van der Waals surface area contributed by atoms with Crippen molar-refractivity contribution in [1.82, 2.24) is 24.4 Å². The van der Waals surface area contributed by atoms with Crippen LogP contribution in [0, 0.1) is 0 Å². The Morgan fingerprint density at radius 2 is 2.08 bits per heavy atom. The van der Waals surface area contributed by atoms with Crippen LogP contribution < -0.4 is 4.74 Å². The van der Waals surface area contributed by atoms with Crippen LogP contribution in [0.5, 0.6) is 11.6 Å². The quantitative estimate of drug-likeness (QED) is 0.724. The van der Waals surface area contributed by atoms with Crippen molar-refractivity contribution in [3.05, 3.63) is 67.1 Å². The van der Waals surface area contributed by atoms with Crippen molar-refractivity contribution in [2.24, 2.45) is 0 Å². The Hall–Kier alpha value is -3.22. The zero-order valence-corrected chi connectivity index (χ0v) is 14.2. The lowest BCUT2D eigenvalue weighted by atomic mass is 10.0. The first-order chi connectivity index (χ1) is 12.8. The zero-order chi connectivity index (χ0) is 17.8. The molecule has 1 saturated heterocycles. The van der Waals surface area contributed by atoms with E-state index in [9.17, 15) is 4.79 Å². The molecule has 0 aliphatic carbocycles. The van der Waals surface area contributed by atoms with E-state index < -0.39 is 0 Å². The summed E-state index contributed by atoms with van der Waals surface area (Å²) in [6.07, 6.45) is 12.4. The Balaban J connectivity index is 1.54. The Morgan fingerprint density at radius 1 is 1.15 bits per heavy atom. The maximum absolute atomic E-state index is 13.1. The van der Waals surface area contributed by atoms with Crippen molar-refractivity contribution in [2.75, 3.05) is 13.1 Å². The minimum atomic E-state index is -0.0678. The van der Waals surface area contributed by atoms with Crippen molar-refractivity contribution >= 4 is 5.91 Å². The summed E-state index contributed by atoms with van der Waals surface area (Å²) in [5.74, 6) is 0.784. The normalized spacial score (nSPS) is 17.1. The van der Waals surface area contributed by atoms with Crippen LogP contribution in [0.25, 0.3) is 0 Å². The molecule has 1 fully saturated rings. The number of carbonyl (C=O) groups is 1. The Morgan fingerprint density at radius 3 is 2.88 bits per heavy atom. The van der Waals surface area contributed by atoms with E-state index in [0.29, 0.717) is 23.7 Å². The average Bonchev–Trinajstić information content (AvgIpc) is 3.24. The highest BCUT2D eigenvalue weighted by Gasteiger charge is 2.27. The number of pyridine rings is 2. The summed E-state index contributed by atoms with van der Waals surface area (Å²) in [5, 5.41) is 0. The molecule has 0 aromatic carbocycles. The summed E-state index contributed by atoms with van der Waals surface area (Å²) in [4.78, 5) is 27.3. The number of aromatic nitrogens is 4. The molecular formula is C19H19N5O2. The van der Waals surface area contributed by atoms with Crippen LogP contribution in [-0.4, -0.2) is 43.4 Å². The molecule has 0 radical (unpaired) electrons. The number of hydrogen-bond acceptors (Lipinski definition) is 5. The van der Waals surface area contributed by atoms with Gasteiger partial charge in [-0.2, -0.15) is 0 Å². The molecule has 0 N–H and O–H groups in total. The van der Waals surface area contributed by atoms with Crippen LogP contribution in [0.3, 0.4) is 0 Å². The maximum atomic E-state index is 13.1. The predicted molar refractivity (Wildman–Crippen MR) is 94.9 cm³/mol. The monoisotopic (exact) mass is 349 g/mol. The van der Waals surface area contributed by atoms with Crippen molar-refractivity contribution < 1.29 is 9.53 Å². The number of piperidine rings is 1. The molecule has 4 heterocycles. The molecule has 0 spiro atoms. The van der Waals surface area contributed by atoms with Crippen molar-refractivity contribution in [3.8, 4) is 11.6 Å². The molecule has 26 heavy (non-hydrogen) atoms. The van der Waals surface area contributed by atoms with Gasteiger partial charge < -0.3 is 14.2 Å². The SMILES string of the molecule is O=C(c1cccnc1Oc1cccnc1)N1CCCC(n2ccnc2)C1. The first kappa shape index (κ1) is 16.3. The Kier molecular flexibility index (Phi) is 4.59. The second-order valence-corrected chi connectivity index (χ2v) is 6.20. The summed E-state index contributed by atoms with van der Waals surface area (Å²) in [6.45, 7) is 1.38. The molecule has 132 valence electrons. The predicted octanol–water partition coefficient (Wildman–Crippen LogP) is 2.94. The van der Waals surface area contributed by atoms with Crippen LogP contribution in [0.4, 0.5) is 0 Å². The standard InChI is InChI=1S/C19H19N5O2/c25-19(23-10-3-4-15(13-23)24-11-9-21-14-24)17-6-2-8-22-18(17)26-16-5-1-7-20-12-16/h1-2,5-9,11-12,14-15H,3-4,10,13H2. The van der Waals surface area contributed by atoms with Crippen LogP contribution in [0.2, 0.25) is 0 Å². The van der Waals surface area contributed by atoms with Gasteiger partial charge in [-0.15, -0.1) is 0 Å². The highest BCUT2D eigenvalue weighted by Crippen LogP contribution is 2.27. The summed E-state index contributed by atoms with van der Waals surface area (Å²) >= 11 is 0. The van der Waals surface area contributed by atoms with Gasteiger partial charge in [0.2, 0.25) is 5.88 Å². The van der Waals surface area contributed by atoms with Crippen LogP contribution in [0.1, 0.15) is 29.2 Å². The van der Waals surface area contributed by atoms with E-state index in [1.807, 2.05) is 11.1 Å². The summed E-state index contributed by atoms with van der Waals surface area (Å²) in [5.41, 5.74) is 0.461.